The van der Waals surface area contributed by atoms with E-state index in [1.807, 2.05) is 0 Å². The Morgan fingerprint density at radius 1 is 1.10 bits per heavy atom. The van der Waals surface area contributed by atoms with Crippen molar-refractivity contribution in [1.29, 1.82) is 0 Å². The van der Waals surface area contributed by atoms with Crippen molar-refractivity contribution in [2.24, 2.45) is 0 Å². The Labute approximate surface area is 178 Å². The molecule has 1 aliphatic carbocycles. The third-order valence-corrected chi connectivity index (χ3v) is 5.57. The van der Waals surface area contributed by atoms with Crippen LogP contribution in [0.25, 0.3) is 11.0 Å². The van der Waals surface area contributed by atoms with Crippen LogP contribution in [-0.4, -0.2) is 31.2 Å². The zero-order valence-corrected chi connectivity index (χ0v) is 17.7. The molecule has 31 heavy (non-hydrogen) atoms. The van der Waals surface area contributed by atoms with Gasteiger partial charge in [-0.3, -0.25) is 19.0 Å². The van der Waals surface area contributed by atoms with E-state index in [0.717, 1.165) is 25.7 Å². The number of rotatable bonds is 5. The molecule has 1 aliphatic rings. The van der Waals surface area contributed by atoms with Crippen molar-refractivity contribution in [3.8, 4) is 0 Å². The van der Waals surface area contributed by atoms with Crippen molar-refractivity contribution in [2.75, 3.05) is 10.6 Å². The second-order valence-corrected chi connectivity index (χ2v) is 7.84. The molecule has 4 rings (SSSR count). The van der Waals surface area contributed by atoms with Crippen LogP contribution in [0.1, 0.15) is 61.5 Å². The summed E-state index contributed by atoms with van der Waals surface area (Å²) in [6.45, 7) is 4.61. The maximum absolute atomic E-state index is 13.2. The fourth-order valence-electron chi connectivity index (χ4n) is 4.17. The highest BCUT2D eigenvalue weighted by Gasteiger charge is 2.25. The average molecular weight is 420 g/mol. The van der Waals surface area contributed by atoms with Crippen molar-refractivity contribution in [3.63, 3.8) is 0 Å². The Balaban J connectivity index is 1.78. The molecule has 3 heterocycles. The predicted octanol–water partition coefficient (Wildman–Crippen LogP) is 3.51. The SMILES string of the molecule is CC(=O)Nc1ccc(Nc2ncc3c(C)c(C(C)=O)c(=O)n(C4CCCC4)c3n2)nc1. The first-order valence-electron chi connectivity index (χ1n) is 10.3. The van der Waals surface area contributed by atoms with Gasteiger partial charge in [0.15, 0.2) is 5.78 Å². The lowest BCUT2D eigenvalue weighted by Crippen LogP contribution is -2.30. The minimum absolute atomic E-state index is 0.0199. The number of nitrogens with zero attached hydrogens (tertiary/aromatic N) is 4. The van der Waals surface area contributed by atoms with Crippen LogP contribution >= 0.6 is 0 Å². The number of hydrogen-bond acceptors (Lipinski definition) is 7. The van der Waals surface area contributed by atoms with Gasteiger partial charge in [-0.2, -0.15) is 4.98 Å². The Hall–Kier alpha value is -3.62. The zero-order valence-electron chi connectivity index (χ0n) is 17.7. The van der Waals surface area contributed by atoms with Gasteiger partial charge in [-0.1, -0.05) is 12.8 Å². The van der Waals surface area contributed by atoms with E-state index >= 15 is 0 Å². The number of aromatic nitrogens is 4. The standard InChI is InChI=1S/C22H24N6O3/c1-12-17-11-24-22(26-18-9-8-15(10-23-18)25-14(3)30)27-20(17)28(16-6-4-5-7-16)21(31)19(12)13(2)29/h8-11,16H,4-7H2,1-3H3,(H,25,30)(H,23,24,26,27). The molecule has 1 amide bonds. The molecule has 9 nitrogen and oxygen atoms in total. The van der Waals surface area contributed by atoms with E-state index in [-0.39, 0.29) is 28.9 Å². The lowest BCUT2D eigenvalue weighted by molar-refractivity contribution is -0.114. The summed E-state index contributed by atoms with van der Waals surface area (Å²) in [5, 5.41) is 6.39. The van der Waals surface area contributed by atoms with Gasteiger partial charge in [-0.05, 0) is 44.4 Å². The van der Waals surface area contributed by atoms with Crippen molar-refractivity contribution in [1.82, 2.24) is 19.5 Å². The van der Waals surface area contributed by atoms with E-state index in [1.54, 1.807) is 29.8 Å². The van der Waals surface area contributed by atoms with Crippen molar-refractivity contribution in [2.45, 2.75) is 52.5 Å². The molecular weight excluding hydrogens is 396 g/mol. The van der Waals surface area contributed by atoms with Crippen LogP contribution < -0.4 is 16.2 Å². The number of nitrogens with one attached hydrogen (secondary N) is 2. The fraction of sp³-hybridized carbons (Fsp3) is 0.364. The summed E-state index contributed by atoms with van der Waals surface area (Å²) in [6.07, 6.45) is 7.03. The van der Waals surface area contributed by atoms with Crippen LogP contribution in [0.4, 0.5) is 17.5 Å². The van der Waals surface area contributed by atoms with Gasteiger partial charge >= 0.3 is 0 Å². The molecule has 0 radical (unpaired) electrons. The second-order valence-electron chi connectivity index (χ2n) is 7.84. The number of aryl methyl sites for hydroxylation is 1. The lowest BCUT2D eigenvalue weighted by Gasteiger charge is -2.19. The van der Waals surface area contributed by atoms with Gasteiger partial charge in [0.2, 0.25) is 11.9 Å². The van der Waals surface area contributed by atoms with Crippen LogP contribution in [0, 0.1) is 6.92 Å². The Morgan fingerprint density at radius 3 is 2.45 bits per heavy atom. The Kier molecular flexibility index (Phi) is 5.50. The molecule has 0 atom stereocenters. The van der Waals surface area contributed by atoms with Crippen LogP contribution in [0.15, 0.2) is 29.3 Å². The largest absolute Gasteiger partial charge is 0.325 e. The molecule has 9 heteroatoms. The molecule has 3 aromatic heterocycles. The predicted molar refractivity (Wildman–Crippen MR) is 118 cm³/mol. The third kappa shape index (κ3) is 4.03. The number of Topliss-reactive ketones (excluding diaryl/α,β-unsaturated/α-hetero) is 1. The summed E-state index contributed by atoms with van der Waals surface area (Å²) < 4.78 is 1.67. The van der Waals surface area contributed by atoms with E-state index in [2.05, 4.69) is 25.6 Å². The van der Waals surface area contributed by atoms with E-state index in [1.165, 1.54) is 20.0 Å². The Morgan fingerprint density at radius 2 is 1.84 bits per heavy atom. The second kappa shape index (κ2) is 8.25. The molecule has 160 valence electrons. The summed E-state index contributed by atoms with van der Waals surface area (Å²) in [6, 6.07) is 3.44. The van der Waals surface area contributed by atoms with Crippen molar-refractivity contribution < 1.29 is 9.59 Å². The first-order chi connectivity index (χ1) is 14.8. The van der Waals surface area contributed by atoms with Gasteiger partial charge < -0.3 is 10.6 Å². The van der Waals surface area contributed by atoms with Gasteiger partial charge in [0.1, 0.15) is 11.5 Å². The summed E-state index contributed by atoms with van der Waals surface area (Å²) in [5.41, 5.74) is 1.63. The van der Waals surface area contributed by atoms with Gasteiger partial charge in [-0.15, -0.1) is 0 Å². The summed E-state index contributed by atoms with van der Waals surface area (Å²) in [5.74, 6) is 0.376. The van der Waals surface area contributed by atoms with Gasteiger partial charge in [0.05, 0.1) is 17.4 Å². The highest BCUT2D eigenvalue weighted by Crippen LogP contribution is 2.32. The topological polar surface area (TPSA) is 119 Å². The number of hydrogen-bond donors (Lipinski definition) is 2. The van der Waals surface area contributed by atoms with E-state index < -0.39 is 0 Å². The average Bonchev–Trinajstić information content (AvgIpc) is 3.23. The molecule has 1 fully saturated rings. The molecule has 0 spiro atoms. The first kappa shape index (κ1) is 20.6. The first-order valence-corrected chi connectivity index (χ1v) is 10.3. The summed E-state index contributed by atoms with van der Waals surface area (Å²) in [4.78, 5) is 49.9. The van der Waals surface area contributed by atoms with Crippen molar-refractivity contribution >= 4 is 40.2 Å². The number of carbonyl (C=O) groups excluding carboxylic acids is 2. The summed E-state index contributed by atoms with van der Waals surface area (Å²) in [7, 11) is 0. The number of carbonyl (C=O) groups is 2. The minimum atomic E-state index is -0.285. The highest BCUT2D eigenvalue weighted by molar-refractivity contribution is 5.99. The number of anilines is 3. The van der Waals surface area contributed by atoms with E-state index in [0.29, 0.717) is 34.1 Å². The smallest absolute Gasteiger partial charge is 0.263 e. The number of ketones is 1. The third-order valence-electron chi connectivity index (χ3n) is 5.57. The van der Waals surface area contributed by atoms with E-state index in [9.17, 15) is 14.4 Å². The maximum Gasteiger partial charge on any atom is 0.263 e. The molecule has 0 bridgehead atoms. The van der Waals surface area contributed by atoms with Crippen LogP contribution in [-0.2, 0) is 4.79 Å². The number of fused-ring (bicyclic) bond motifs is 1. The Bertz CT molecular complexity index is 1230. The van der Waals surface area contributed by atoms with Crippen molar-refractivity contribution in [3.05, 3.63) is 46.0 Å². The molecule has 2 N–H and O–H groups in total. The zero-order chi connectivity index (χ0) is 22.1. The fourth-order valence-corrected chi connectivity index (χ4v) is 4.17. The highest BCUT2D eigenvalue weighted by atomic mass is 16.2. The van der Waals surface area contributed by atoms with Crippen LogP contribution in [0.3, 0.4) is 0 Å². The molecular formula is C22H24N6O3. The molecule has 0 unspecified atom stereocenters. The number of amides is 1. The monoisotopic (exact) mass is 420 g/mol. The molecule has 0 saturated heterocycles. The minimum Gasteiger partial charge on any atom is -0.325 e. The van der Waals surface area contributed by atoms with Crippen LogP contribution in [0.5, 0.6) is 0 Å². The lowest BCUT2D eigenvalue weighted by atomic mass is 10.0. The summed E-state index contributed by atoms with van der Waals surface area (Å²) >= 11 is 0. The van der Waals surface area contributed by atoms with Gasteiger partial charge in [0, 0.05) is 24.5 Å². The maximum atomic E-state index is 13.2. The van der Waals surface area contributed by atoms with Gasteiger partial charge in [0.25, 0.3) is 5.56 Å². The molecule has 0 aromatic carbocycles. The molecule has 0 aliphatic heterocycles. The van der Waals surface area contributed by atoms with E-state index in [4.69, 9.17) is 0 Å². The molecule has 1 saturated carbocycles. The van der Waals surface area contributed by atoms with Gasteiger partial charge in [-0.25, -0.2) is 9.97 Å². The normalized spacial score (nSPS) is 14.0. The quantitative estimate of drug-likeness (QED) is 0.606. The van der Waals surface area contributed by atoms with Crippen LogP contribution in [0.2, 0.25) is 0 Å². The molecule has 3 aromatic rings. The number of pyridine rings is 2.